The third-order valence-electron chi connectivity index (χ3n) is 4.33. The topological polar surface area (TPSA) is 61.4 Å². The standard InChI is InChI=1S/C18H22ClN5O/c1-14(25)23-8-10-24(11-9-23)18-12-17(21-13-22-18)20-7-6-15-2-4-16(19)5-3-15/h2-5,12-13H,6-11H2,1H3,(H,20,21,22). The SMILES string of the molecule is CC(=O)N1CCN(c2cc(NCCc3ccc(Cl)cc3)ncn2)CC1. The molecule has 0 saturated carbocycles. The van der Waals surface area contributed by atoms with E-state index in [1.807, 2.05) is 35.2 Å². The first kappa shape index (κ1) is 17.5. The summed E-state index contributed by atoms with van der Waals surface area (Å²) in [5, 5.41) is 4.09. The predicted molar refractivity (Wildman–Crippen MR) is 100 cm³/mol. The molecule has 2 aromatic rings. The van der Waals surface area contributed by atoms with Gasteiger partial charge in [0, 0.05) is 50.7 Å². The zero-order chi connectivity index (χ0) is 17.6. The van der Waals surface area contributed by atoms with Crippen LogP contribution in [0.1, 0.15) is 12.5 Å². The molecule has 1 aromatic heterocycles. The molecule has 0 radical (unpaired) electrons. The molecule has 1 aliphatic heterocycles. The van der Waals surface area contributed by atoms with Gasteiger partial charge in [-0.3, -0.25) is 4.79 Å². The molecule has 1 N–H and O–H groups in total. The maximum absolute atomic E-state index is 11.4. The van der Waals surface area contributed by atoms with Crippen molar-refractivity contribution in [3.05, 3.63) is 47.2 Å². The highest BCUT2D eigenvalue weighted by Gasteiger charge is 2.19. The van der Waals surface area contributed by atoms with E-state index >= 15 is 0 Å². The molecule has 1 aliphatic rings. The molecule has 0 aliphatic carbocycles. The van der Waals surface area contributed by atoms with Crippen LogP contribution < -0.4 is 10.2 Å². The van der Waals surface area contributed by atoms with Crippen molar-refractivity contribution >= 4 is 29.1 Å². The van der Waals surface area contributed by atoms with Crippen molar-refractivity contribution in [2.45, 2.75) is 13.3 Å². The highest BCUT2D eigenvalue weighted by atomic mass is 35.5. The summed E-state index contributed by atoms with van der Waals surface area (Å²) in [7, 11) is 0. The summed E-state index contributed by atoms with van der Waals surface area (Å²) in [6, 6.07) is 9.83. The summed E-state index contributed by atoms with van der Waals surface area (Å²) in [6.45, 7) is 5.46. The number of amides is 1. The second-order valence-corrected chi connectivity index (χ2v) is 6.49. The van der Waals surface area contributed by atoms with E-state index < -0.39 is 0 Å². The van der Waals surface area contributed by atoms with Crippen LogP contribution in [-0.2, 0) is 11.2 Å². The summed E-state index contributed by atoms with van der Waals surface area (Å²) in [5.41, 5.74) is 1.23. The van der Waals surface area contributed by atoms with Crippen molar-refractivity contribution in [3.63, 3.8) is 0 Å². The Labute approximate surface area is 152 Å². The Bertz CT molecular complexity index is 714. The van der Waals surface area contributed by atoms with Crippen molar-refractivity contribution < 1.29 is 4.79 Å². The number of carbonyl (C=O) groups excluding carboxylic acids is 1. The number of piperazine rings is 1. The minimum atomic E-state index is 0.131. The van der Waals surface area contributed by atoms with Gasteiger partial charge in [0.15, 0.2) is 0 Å². The number of halogens is 1. The van der Waals surface area contributed by atoms with E-state index in [-0.39, 0.29) is 5.91 Å². The van der Waals surface area contributed by atoms with E-state index in [1.165, 1.54) is 5.56 Å². The van der Waals surface area contributed by atoms with Gasteiger partial charge in [0.2, 0.25) is 5.91 Å². The number of nitrogens with zero attached hydrogens (tertiary/aromatic N) is 4. The van der Waals surface area contributed by atoms with Gasteiger partial charge in [-0.15, -0.1) is 0 Å². The largest absolute Gasteiger partial charge is 0.370 e. The second kappa shape index (κ2) is 8.16. The lowest BCUT2D eigenvalue weighted by atomic mass is 10.1. The van der Waals surface area contributed by atoms with Gasteiger partial charge in [0.05, 0.1) is 0 Å². The van der Waals surface area contributed by atoms with Crippen LogP contribution in [0.25, 0.3) is 0 Å². The predicted octanol–water partition coefficient (Wildman–Crippen LogP) is 2.45. The Hall–Kier alpha value is -2.34. The Morgan fingerprint density at radius 2 is 1.88 bits per heavy atom. The summed E-state index contributed by atoms with van der Waals surface area (Å²) < 4.78 is 0. The van der Waals surface area contributed by atoms with E-state index in [0.29, 0.717) is 0 Å². The van der Waals surface area contributed by atoms with E-state index in [2.05, 4.69) is 20.2 Å². The van der Waals surface area contributed by atoms with Crippen LogP contribution in [0.4, 0.5) is 11.6 Å². The van der Waals surface area contributed by atoms with E-state index in [1.54, 1.807) is 13.3 Å². The van der Waals surface area contributed by atoms with Gasteiger partial charge in [0.25, 0.3) is 0 Å². The fourth-order valence-electron chi connectivity index (χ4n) is 2.85. The van der Waals surface area contributed by atoms with Gasteiger partial charge in [0.1, 0.15) is 18.0 Å². The van der Waals surface area contributed by atoms with Crippen molar-refractivity contribution in [2.75, 3.05) is 42.9 Å². The highest BCUT2D eigenvalue weighted by molar-refractivity contribution is 6.30. The maximum atomic E-state index is 11.4. The van der Waals surface area contributed by atoms with Crippen LogP contribution in [0.2, 0.25) is 5.02 Å². The number of aromatic nitrogens is 2. The van der Waals surface area contributed by atoms with Gasteiger partial charge in [-0.1, -0.05) is 23.7 Å². The lowest BCUT2D eigenvalue weighted by Crippen LogP contribution is -2.48. The number of anilines is 2. The molecule has 0 unspecified atom stereocenters. The van der Waals surface area contributed by atoms with Gasteiger partial charge < -0.3 is 15.1 Å². The Morgan fingerprint density at radius 1 is 1.16 bits per heavy atom. The van der Waals surface area contributed by atoms with Crippen LogP contribution >= 0.6 is 11.6 Å². The Morgan fingerprint density at radius 3 is 2.56 bits per heavy atom. The minimum Gasteiger partial charge on any atom is -0.370 e. The second-order valence-electron chi connectivity index (χ2n) is 6.06. The molecule has 3 rings (SSSR count). The van der Waals surface area contributed by atoms with E-state index in [0.717, 1.165) is 55.8 Å². The molecule has 1 amide bonds. The number of hydrogen-bond acceptors (Lipinski definition) is 5. The Balaban J connectivity index is 1.53. The van der Waals surface area contributed by atoms with Gasteiger partial charge in [-0.2, -0.15) is 0 Å². The summed E-state index contributed by atoms with van der Waals surface area (Å²) >= 11 is 5.90. The van der Waals surface area contributed by atoms with Gasteiger partial charge >= 0.3 is 0 Å². The zero-order valence-electron chi connectivity index (χ0n) is 14.3. The zero-order valence-corrected chi connectivity index (χ0v) is 15.0. The number of hydrogen-bond donors (Lipinski definition) is 1. The fraction of sp³-hybridized carbons (Fsp3) is 0.389. The van der Waals surface area contributed by atoms with Crippen LogP contribution in [-0.4, -0.2) is 53.5 Å². The molecule has 2 heterocycles. The van der Waals surface area contributed by atoms with E-state index in [4.69, 9.17) is 11.6 Å². The molecule has 1 aromatic carbocycles. The molecule has 1 saturated heterocycles. The maximum Gasteiger partial charge on any atom is 0.219 e. The van der Waals surface area contributed by atoms with Gasteiger partial charge in [-0.25, -0.2) is 9.97 Å². The number of rotatable bonds is 5. The molecule has 6 nitrogen and oxygen atoms in total. The quantitative estimate of drug-likeness (QED) is 0.888. The highest BCUT2D eigenvalue weighted by Crippen LogP contribution is 2.16. The molecule has 0 atom stereocenters. The molecular weight excluding hydrogens is 338 g/mol. The lowest BCUT2D eigenvalue weighted by Gasteiger charge is -2.34. The van der Waals surface area contributed by atoms with Crippen LogP contribution in [0.3, 0.4) is 0 Å². The van der Waals surface area contributed by atoms with Crippen molar-refractivity contribution in [3.8, 4) is 0 Å². The summed E-state index contributed by atoms with van der Waals surface area (Å²) in [5.74, 6) is 1.84. The molecule has 0 bridgehead atoms. The molecule has 1 fully saturated rings. The lowest BCUT2D eigenvalue weighted by molar-refractivity contribution is -0.129. The number of nitrogens with one attached hydrogen (secondary N) is 1. The fourth-order valence-corrected chi connectivity index (χ4v) is 2.98. The number of benzene rings is 1. The summed E-state index contributed by atoms with van der Waals surface area (Å²) in [6.07, 6.45) is 2.48. The van der Waals surface area contributed by atoms with Crippen LogP contribution in [0, 0.1) is 0 Å². The first-order valence-electron chi connectivity index (χ1n) is 8.42. The van der Waals surface area contributed by atoms with Crippen molar-refractivity contribution in [1.29, 1.82) is 0 Å². The molecular formula is C18H22ClN5O. The first-order chi connectivity index (χ1) is 12.1. The monoisotopic (exact) mass is 359 g/mol. The Kier molecular flexibility index (Phi) is 5.71. The average Bonchev–Trinajstić information content (AvgIpc) is 2.64. The molecule has 0 spiro atoms. The van der Waals surface area contributed by atoms with Crippen LogP contribution in [0.15, 0.2) is 36.7 Å². The first-order valence-corrected chi connectivity index (χ1v) is 8.80. The van der Waals surface area contributed by atoms with Crippen molar-refractivity contribution in [1.82, 2.24) is 14.9 Å². The molecule has 132 valence electrons. The van der Waals surface area contributed by atoms with E-state index in [9.17, 15) is 4.79 Å². The average molecular weight is 360 g/mol. The third kappa shape index (κ3) is 4.82. The van der Waals surface area contributed by atoms with Crippen LogP contribution in [0.5, 0.6) is 0 Å². The summed E-state index contributed by atoms with van der Waals surface area (Å²) in [4.78, 5) is 24.1. The van der Waals surface area contributed by atoms with Gasteiger partial charge in [-0.05, 0) is 24.1 Å². The molecule has 7 heteroatoms. The third-order valence-corrected chi connectivity index (χ3v) is 4.59. The minimum absolute atomic E-state index is 0.131. The molecule has 25 heavy (non-hydrogen) atoms. The normalized spacial score (nSPS) is 14.5. The number of carbonyl (C=O) groups is 1. The van der Waals surface area contributed by atoms with Crippen molar-refractivity contribution in [2.24, 2.45) is 0 Å². The smallest absolute Gasteiger partial charge is 0.219 e.